The molecule has 0 aliphatic carbocycles. The van der Waals surface area contributed by atoms with E-state index >= 15 is 0 Å². The van der Waals surface area contributed by atoms with Gasteiger partial charge in [0.2, 0.25) is 0 Å². The Morgan fingerprint density at radius 3 is 2.65 bits per heavy atom. The Hall–Kier alpha value is -2.66. The molecule has 3 aromatic rings. The molecule has 0 bridgehead atoms. The molecule has 4 nitrogen and oxygen atoms in total. The number of aryl methyl sites for hydroxylation is 1. The van der Waals surface area contributed by atoms with Gasteiger partial charge < -0.3 is 10.3 Å². The maximum atomic E-state index is 12.4. The summed E-state index contributed by atoms with van der Waals surface area (Å²) in [5.74, 6) is -0.283. The molecule has 0 saturated heterocycles. The van der Waals surface area contributed by atoms with Crippen molar-refractivity contribution in [2.45, 2.75) is 6.92 Å². The van der Waals surface area contributed by atoms with Crippen molar-refractivity contribution in [1.82, 2.24) is 4.98 Å². The molecule has 0 saturated carbocycles. The summed E-state index contributed by atoms with van der Waals surface area (Å²) in [5.41, 5.74) is 2.51. The first-order valence-corrected chi connectivity index (χ1v) is 8.08. The fourth-order valence-corrected chi connectivity index (χ4v) is 3.32. The number of allylic oxidation sites excluding steroid dienone is 1. The number of benzene rings is 1. The second-order valence-electron chi connectivity index (χ2n) is 5.19. The fraction of sp³-hybridized carbons (Fsp3) is 0.111. The average Bonchev–Trinajstić information content (AvgIpc) is 3.02. The van der Waals surface area contributed by atoms with Gasteiger partial charge in [-0.25, -0.2) is 0 Å². The average molecular weight is 324 g/mol. The van der Waals surface area contributed by atoms with Crippen LogP contribution in [0.15, 0.2) is 46.6 Å². The summed E-state index contributed by atoms with van der Waals surface area (Å²) < 4.78 is 0. The van der Waals surface area contributed by atoms with Crippen LogP contribution in [0.5, 0.6) is 0 Å². The molecule has 2 aromatic heterocycles. The molecular formula is C18H16N2O2S. The number of carbonyl (C=O) groups excluding carboxylic acids is 1. The Labute approximate surface area is 137 Å². The lowest BCUT2D eigenvalue weighted by Crippen LogP contribution is -2.18. The van der Waals surface area contributed by atoms with Crippen LogP contribution in [0, 0.1) is 6.92 Å². The van der Waals surface area contributed by atoms with Crippen molar-refractivity contribution >= 4 is 39.1 Å². The summed E-state index contributed by atoms with van der Waals surface area (Å²) >= 11 is 1.46. The van der Waals surface area contributed by atoms with E-state index in [1.165, 1.54) is 17.4 Å². The minimum atomic E-state index is -0.336. The van der Waals surface area contributed by atoms with E-state index in [2.05, 4.69) is 10.3 Å². The van der Waals surface area contributed by atoms with Crippen molar-refractivity contribution < 1.29 is 4.79 Å². The van der Waals surface area contributed by atoms with Crippen molar-refractivity contribution in [3.05, 3.63) is 68.8 Å². The number of nitrogens with one attached hydrogen (secondary N) is 2. The van der Waals surface area contributed by atoms with Crippen LogP contribution in [0.25, 0.3) is 16.3 Å². The first kappa shape index (κ1) is 15.2. The molecule has 3 rings (SSSR count). The van der Waals surface area contributed by atoms with Crippen LogP contribution < -0.4 is 10.9 Å². The molecule has 5 heteroatoms. The monoisotopic (exact) mass is 324 g/mol. The lowest BCUT2D eigenvalue weighted by Gasteiger charge is -2.03. The number of anilines is 1. The van der Waals surface area contributed by atoms with E-state index in [9.17, 15) is 9.59 Å². The van der Waals surface area contributed by atoms with Gasteiger partial charge >= 0.3 is 0 Å². The number of rotatable bonds is 4. The quantitative estimate of drug-likeness (QED) is 0.566. The predicted molar refractivity (Wildman–Crippen MR) is 96.5 cm³/mol. The second kappa shape index (κ2) is 6.22. The van der Waals surface area contributed by atoms with E-state index in [0.29, 0.717) is 0 Å². The maximum absolute atomic E-state index is 12.4. The maximum Gasteiger partial charge on any atom is 0.260 e. The summed E-state index contributed by atoms with van der Waals surface area (Å²) in [7, 11) is 1.85. The first-order valence-electron chi connectivity index (χ1n) is 7.20. The van der Waals surface area contributed by atoms with Crippen LogP contribution in [0.4, 0.5) is 5.69 Å². The van der Waals surface area contributed by atoms with Crippen molar-refractivity contribution in [2.75, 3.05) is 12.4 Å². The third-order valence-electron chi connectivity index (χ3n) is 3.77. The van der Waals surface area contributed by atoms with Crippen molar-refractivity contribution in [2.24, 2.45) is 0 Å². The molecule has 0 atom stereocenters. The van der Waals surface area contributed by atoms with Gasteiger partial charge in [0.05, 0.1) is 5.56 Å². The first-order chi connectivity index (χ1) is 11.1. The molecule has 23 heavy (non-hydrogen) atoms. The van der Waals surface area contributed by atoms with Crippen molar-refractivity contribution in [3.63, 3.8) is 0 Å². The van der Waals surface area contributed by atoms with Crippen LogP contribution in [-0.2, 0) is 0 Å². The van der Waals surface area contributed by atoms with Gasteiger partial charge in [-0.15, -0.1) is 11.3 Å². The zero-order chi connectivity index (χ0) is 16.4. The highest BCUT2D eigenvalue weighted by Gasteiger charge is 2.14. The number of fused-ring (bicyclic) bond motifs is 1. The third-order valence-corrected chi connectivity index (χ3v) is 4.60. The number of thiophene rings is 1. The standard InChI is InChI=1S/C18H16N2O2S/c1-11-14-9-10-23-18(14)20-17(22)16(11)15(21)8-5-12-3-6-13(19-2)7-4-12/h3-10,19H,1-2H3,(H,20,22)/b8-5+. The highest BCUT2D eigenvalue weighted by molar-refractivity contribution is 7.16. The highest BCUT2D eigenvalue weighted by atomic mass is 32.1. The van der Waals surface area contributed by atoms with Crippen LogP contribution in [0.1, 0.15) is 21.5 Å². The summed E-state index contributed by atoms with van der Waals surface area (Å²) in [4.78, 5) is 28.2. The number of aromatic nitrogens is 1. The molecular weight excluding hydrogens is 308 g/mol. The molecule has 0 amide bonds. The second-order valence-corrected chi connectivity index (χ2v) is 6.10. The SMILES string of the molecule is CNc1ccc(/C=C/C(=O)c2c(C)c3ccsc3[nH]c2=O)cc1. The van der Waals surface area contributed by atoms with Crippen LogP contribution in [0.3, 0.4) is 0 Å². The normalized spacial score (nSPS) is 11.2. The Balaban J connectivity index is 1.93. The van der Waals surface area contributed by atoms with Crippen LogP contribution >= 0.6 is 11.3 Å². The summed E-state index contributed by atoms with van der Waals surface area (Å²) in [6.45, 7) is 1.81. The number of ketones is 1. The lowest BCUT2D eigenvalue weighted by atomic mass is 10.0. The van der Waals surface area contributed by atoms with Gasteiger partial charge in [0.1, 0.15) is 4.83 Å². The Morgan fingerprint density at radius 2 is 1.96 bits per heavy atom. The number of aromatic amines is 1. The zero-order valence-corrected chi connectivity index (χ0v) is 13.7. The zero-order valence-electron chi connectivity index (χ0n) is 12.8. The van der Waals surface area contributed by atoms with Gasteiger partial charge in [-0.05, 0) is 47.7 Å². The van der Waals surface area contributed by atoms with E-state index in [0.717, 1.165) is 27.0 Å². The van der Waals surface area contributed by atoms with E-state index in [1.54, 1.807) is 6.08 Å². The van der Waals surface area contributed by atoms with E-state index in [4.69, 9.17) is 0 Å². The molecule has 0 aliphatic rings. The van der Waals surface area contributed by atoms with Crippen LogP contribution in [0.2, 0.25) is 0 Å². The third kappa shape index (κ3) is 2.96. The number of hydrogen-bond acceptors (Lipinski definition) is 4. The molecule has 1 aromatic carbocycles. The van der Waals surface area contributed by atoms with E-state index in [-0.39, 0.29) is 16.9 Å². The lowest BCUT2D eigenvalue weighted by molar-refractivity contribution is 0.104. The van der Waals surface area contributed by atoms with Gasteiger partial charge in [0.15, 0.2) is 5.78 Å². The van der Waals surface area contributed by atoms with Gasteiger partial charge in [0, 0.05) is 18.1 Å². The molecule has 0 radical (unpaired) electrons. The van der Waals surface area contributed by atoms with Crippen molar-refractivity contribution in [3.8, 4) is 0 Å². The molecule has 0 unspecified atom stereocenters. The summed E-state index contributed by atoms with van der Waals surface area (Å²) in [6, 6.07) is 9.60. The Bertz CT molecular complexity index is 949. The minimum Gasteiger partial charge on any atom is -0.388 e. The molecule has 0 fully saturated rings. The molecule has 2 heterocycles. The number of hydrogen-bond donors (Lipinski definition) is 2. The largest absolute Gasteiger partial charge is 0.388 e. The van der Waals surface area contributed by atoms with E-state index < -0.39 is 0 Å². The molecule has 0 aliphatic heterocycles. The molecule has 0 spiro atoms. The fourth-order valence-electron chi connectivity index (χ4n) is 2.48. The van der Waals surface area contributed by atoms with Crippen molar-refractivity contribution in [1.29, 1.82) is 0 Å². The van der Waals surface area contributed by atoms with Crippen LogP contribution in [-0.4, -0.2) is 17.8 Å². The van der Waals surface area contributed by atoms with Gasteiger partial charge in [-0.2, -0.15) is 0 Å². The van der Waals surface area contributed by atoms with Gasteiger partial charge in [-0.3, -0.25) is 9.59 Å². The summed E-state index contributed by atoms with van der Waals surface area (Å²) in [5, 5.41) is 5.86. The van der Waals surface area contributed by atoms with Gasteiger partial charge in [-0.1, -0.05) is 18.2 Å². The topological polar surface area (TPSA) is 62.0 Å². The molecule has 2 N–H and O–H groups in total. The number of carbonyl (C=O) groups is 1. The predicted octanol–water partition coefficient (Wildman–Crippen LogP) is 3.84. The number of pyridine rings is 1. The molecule has 116 valence electrons. The summed E-state index contributed by atoms with van der Waals surface area (Å²) in [6.07, 6.45) is 3.17. The van der Waals surface area contributed by atoms with Gasteiger partial charge in [0.25, 0.3) is 5.56 Å². The minimum absolute atomic E-state index is 0.207. The Kier molecular flexibility index (Phi) is 4.12. The Morgan fingerprint density at radius 1 is 1.22 bits per heavy atom. The van der Waals surface area contributed by atoms with E-state index in [1.807, 2.05) is 49.7 Å². The highest BCUT2D eigenvalue weighted by Crippen LogP contribution is 2.22. The number of H-pyrrole nitrogens is 1. The smallest absolute Gasteiger partial charge is 0.260 e.